The van der Waals surface area contributed by atoms with Crippen LogP contribution in [0.25, 0.3) is 0 Å². The molecule has 0 aromatic heterocycles. The molecule has 2 N–H and O–H groups in total. The Morgan fingerprint density at radius 2 is 1.47 bits per heavy atom. The van der Waals surface area contributed by atoms with Gasteiger partial charge in [0.2, 0.25) is 0 Å². The molecule has 15 heavy (non-hydrogen) atoms. The number of rotatable bonds is 4. The second kappa shape index (κ2) is 5.86. The zero-order chi connectivity index (χ0) is 10.5. The van der Waals surface area contributed by atoms with Gasteiger partial charge in [0.25, 0.3) is 0 Å². The maximum Gasteiger partial charge on any atom is 0.0579 e. The molecule has 0 unspecified atom stereocenters. The molecule has 0 bridgehead atoms. The van der Waals surface area contributed by atoms with Crippen molar-refractivity contribution in [2.24, 2.45) is 11.7 Å². The summed E-state index contributed by atoms with van der Waals surface area (Å²) < 4.78 is 6.15. The summed E-state index contributed by atoms with van der Waals surface area (Å²) in [6.07, 6.45) is 13.0. The van der Waals surface area contributed by atoms with E-state index in [4.69, 9.17) is 10.5 Å². The van der Waals surface area contributed by atoms with Crippen LogP contribution < -0.4 is 5.73 Å². The Bertz CT molecular complexity index is 169. The van der Waals surface area contributed by atoms with Gasteiger partial charge in [-0.05, 0) is 57.4 Å². The number of hydrogen-bond donors (Lipinski definition) is 1. The molecule has 0 aromatic rings. The molecule has 0 spiro atoms. The Hall–Kier alpha value is -0.0800. The van der Waals surface area contributed by atoms with Gasteiger partial charge in [0.15, 0.2) is 0 Å². The molecule has 0 atom stereocenters. The van der Waals surface area contributed by atoms with Gasteiger partial charge in [-0.25, -0.2) is 0 Å². The minimum atomic E-state index is 0.571. The number of nitrogens with two attached hydrogens (primary N) is 1. The van der Waals surface area contributed by atoms with Gasteiger partial charge in [0, 0.05) is 0 Å². The van der Waals surface area contributed by atoms with Crippen molar-refractivity contribution in [1.82, 2.24) is 0 Å². The minimum Gasteiger partial charge on any atom is -0.375 e. The van der Waals surface area contributed by atoms with Crippen LogP contribution in [0.1, 0.15) is 57.8 Å². The predicted molar refractivity (Wildman–Crippen MR) is 62.8 cm³/mol. The number of hydrogen-bond acceptors (Lipinski definition) is 2. The highest BCUT2D eigenvalue weighted by molar-refractivity contribution is 4.76. The Morgan fingerprint density at radius 3 is 2.07 bits per heavy atom. The fourth-order valence-corrected chi connectivity index (χ4v) is 3.09. The summed E-state index contributed by atoms with van der Waals surface area (Å²) in [5.41, 5.74) is 5.59. The highest BCUT2D eigenvalue weighted by Gasteiger charge is 2.25. The highest BCUT2D eigenvalue weighted by Crippen LogP contribution is 2.31. The van der Waals surface area contributed by atoms with Crippen LogP contribution in [0.3, 0.4) is 0 Å². The van der Waals surface area contributed by atoms with Gasteiger partial charge in [0.05, 0.1) is 12.2 Å². The molecule has 2 aliphatic rings. The maximum absolute atomic E-state index is 6.15. The van der Waals surface area contributed by atoms with Gasteiger partial charge in [-0.1, -0.05) is 12.8 Å². The van der Waals surface area contributed by atoms with E-state index in [-0.39, 0.29) is 0 Å². The van der Waals surface area contributed by atoms with Gasteiger partial charge < -0.3 is 10.5 Å². The summed E-state index contributed by atoms with van der Waals surface area (Å²) in [7, 11) is 0. The van der Waals surface area contributed by atoms with Crippen LogP contribution in [0.4, 0.5) is 0 Å². The van der Waals surface area contributed by atoms with E-state index in [9.17, 15) is 0 Å². The van der Waals surface area contributed by atoms with Gasteiger partial charge in [-0.2, -0.15) is 0 Å². The quantitative estimate of drug-likeness (QED) is 0.776. The third-order valence-electron chi connectivity index (χ3n) is 4.06. The molecule has 2 aliphatic carbocycles. The summed E-state index contributed by atoms with van der Waals surface area (Å²) in [5.74, 6) is 0.887. The van der Waals surface area contributed by atoms with Gasteiger partial charge in [-0.3, -0.25) is 0 Å². The van der Waals surface area contributed by atoms with Crippen LogP contribution in [0, 0.1) is 5.92 Å². The van der Waals surface area contributed by atoms with Crippen molar-refractivity contribution < 1.29 is 4.74 Å². The van der Waals surface area contributed by atoms with E-state index < -0.39 is 0 Å². The summed E-state index contributed by atoms with van der Waals surface area (Å²) in [5, 5.41) is 0. The van der Waals surface area contributed by atoms with E-state index >= 15 is 0 Å². The first-order valence-corrected chi connectivity index (χ1v) is 6.74. The van der Waals surface area contributed by atoms with E-state index in [1.807, 2.05) is 0 Å². The van der Waals surface area contributed by atoms with E-state index in [1.165, 1.54) is 57.8 Å². The lowest BCUT2D eigenvalue weighted by molar-refractivity contribution is -0.0331. The molecule has 88 valence electrons. The summed E-state index contributed by atoms with van der Waals surface area (Å²) in [6, 6.07) is 0. The lowest BCUT2D eigenvalue weighted by Crippen LogP contribution is -2.26. The molecule has 0 aliphatic heterocycles. The zero-order valence-corrected chi connectivity index (χ0v) is 9.79. The molecular formula is C13H25NO. The number of ether oxygens (including phenoxy) is 1. The minimum absolute atomic E-state index is 0.571. The van der Waals surface area contributed by atoms with Gasteiger partial charge >= 0.3 is 0 Å². The van der Waals surface area contributed by atoms with Crippen molar-refractivity contribution in [2.75, 3.05) is 6.54 Å². The van der Waals surface area contributed by atoms with E-state index in [0.29, 0.717) is 12.2 Å². The Balaban J connectivity index is 1.64. The van der Waals surface area contributed by atoms with Crippen molar-refractivity contribution in [3.63, 3.8) is 0 Å². The fourth-order valence-electron chi connectivity index (χ4n) is 3.09. The van der Waals surface area contributed by atoms with Gasteiger partial charge in [-0.15, -0.1) is 0 Å². The topological polar surface area (TPSA) is 35.2 Å². The monoisotopic (exact) mass is 211 g/mol. The Kier molecular flexibility index (Phi) is 4.45. The Morgan fingerprint density at radius 1 is 0.867 bits per heavy atom. The third-order valence-corrected chi connectivity index (χ3v) is 4.06. The van der Waals surface area contributed by atoms with Crippen molar-refractivity contribution in [2.45, 2.75) is 70.0 Å². The first-order valence-electron chi connectivity index (χ1n) is 6.74. The lowest BCUT2D eigenvalue weighted by Gasteiger charge is -2.30. The van der Waals surface area contributed by atoms with Crippen LogP contribution >= 0.6 is 0 Å². The first-order chi connectivity index (χ1) is 7.38. The van der Waals surface area contributed by atoms with Crippen molar-refractivity contribution in [1.29, 1.82) is 0 Å². The fraction of sp³-hybridized carbons (Fsp3) is 1.00. The molecule has 2 saturated carbocycles. The molecule has 2 nitrogen and oxygen atoms in total. The molecule has 0 heterocycles. The molecule has 0 aromatic carbocycles. The van der Waals surface area contributed by atoms with Crippen LogP contribution in [-0.4, -0.2) is 18.8 Å². The van der Waals surface area contributed by atoms with Crippen LogP contribution in [0.15, 0.2) is 0 Å². The Labute approximate surface area is 93.6 Å². The second-order valence-corrected chi connectivity index (χ2v) is 5.26. The summed E-state index contributed by atoms with van der Waals surface area (Å²) in [4.78, 5) is 0. The van der Waals surface area contributed by atoms with E-state index in [2.05, 4.69) is 0 Å². The summed E-state index contributed by atoms with van der Waals surface area (Å²) >= 11 is 0. The zero-order valence-electron chi connectivity index (χ0n) is 9.79. The second-order valence-electron chi connectivity index (χ2n) is 5.26. The molecular weight excluding hydrogens is 186 g/mol. The SMILES string of the molecule is NCCC1CCC(OC2CCCC2)CC1. The summed E-state index contributed by atoms with van der Waals surface area (Å²) in [6.45, 7) is 0.860. The molecule has 0 amide bonds. The average Bonchev–Trinajstić information content (AvgIpc) is 2.74. The molecule has 0 radical (unpaired) electrons. The standard InChI is InChI=1S/C13H25NO/c14-10-9-11-5-7-13(8-6-11)15-12-3-1-2-4-12/h11-13H,1-10,14H2. The molecule has 2 fully saturated rings. The van der Waals surface area contributed by atoms with Crippen LogP contribution in [0.2, 0.25) is 0 Å². The average molecular weight is 211 g/mol. The highest BCUT2D eigenvalue weighted by atomic mass is 16.5. The van der Waals surface area contributed by atoms with E-state index in [1.54, 1.807) is 0 Å². The van der Waals surface area contributed by atoms with Crippen molar-refractivity contribution in [3.8, 4) is 0 Å². The van der Waals surface area contributed by atoms with Crippen LogP contribution in [0.5, 0.6) is 0 Å². The smallest absolute Gasteiger partial charge is 0.0579 e. The van der Waals surface area contributed by atoms with Gasteiger partial charge in [0.1, 0.15) is 0 Å². The van der Waals surface area contributed by atoms with Crippen molar-refractivity contribution >= 4 is 0 Å². The lowest BCUT2D eigenvalue weighted by atomic mass is 9.85. The predicted octanol–water partition coefficient (Wildman–Crippen LogP) is 2.85. The molecule has 2 rings (SSSR count). The molecule has 2 heteroatoms. The van der Waals surface area contributed by atoms with Crippen molar-refractivity contribution in [3.05, 3.63) is 0 Å². The largest absolute Gasteiger partial charge is 0.375 e. The maximum atomic E-state index is 6.15. The first kappa shape index (κ1) is 11.4. The van der Waals surface area contributed by atoms with Crippen LogP contribution in [-0.2, 0) is 4.74 Å². The third kappa shape index (κ3) is 3.46. The normalized spacial score (nSPS) is 33.4. The molecule has 0 saturated heterocycles. The van der Waals surface area contributed by atoms with E-state index in [0.717, 1.165) is 12.5 Å².